The first-order chi connectivity index (χ1) is 15.0. The number of hydrogen-bond donors (Lipinski definition) is 2. The Kier molecular flexibility index (Phi) is 5.57. The topological polar surface area (TPSA) is 97.0 Å². The normalized spacial score (nSPS) is 17.7. The van der Waals surface area contributed by atoms with Crippen LogP contribution in [0.4, 0.5) is 14.9 Å². The minimum absolute atomic E-state index is 0.123. The maximum atomic E-state index is 13.4. The van der Waals surface area contributed by atoms with E-state index in [1.165, 1.54) is 24.3 Å². The van der Waals surface area contributed by atoms with Gasteiger partial charge in [-0.05, 0) is 31.2 Å². The van der Waals surface area contributed by atoms with Crippen LogP contribution in [0, 0.1) is 5.82 Å². The van der Waals surface area contributed by atoms with E-state index in [9.17, 15) is 18.8 Å². The predicted molar refractivity (Wildman–Crippen MR) is 109 cm³/mol. The molecule has 9 heteroatoms. The van der Waals surface area contributed by atoms with Crippen molar-refractivity contribution in [2.24, 2.45) is 0 Å². The third-order valence-corrected chi connectivity index (χ3v) is 4.94. The first kappa shape index (κ1) is 20.4. The molecule has 1 atom stereocenters. The van der Waals surface area contributed by atoms with Crippen molar-refractivity contribution in [1.29, 1.82) is 0 Å². The summed E-state index contributed by atoms with van der Waals surface area (Å²) in [5.74, 6) is -1.06. The lowest BCUT2D eigenvalue weighted by Gasteiger charge is -2.33. The molecule has 31 heavy (non-hydrogen) atoms. The molecule has 2 aliphatic rings. The number of anilines is 1. The van der Waals surface area contributed by atoms with E-state index < -0.39 is 29.8 Å². The Labute approximate surface area is 177 Å². The Bertz CT molecular complexity index is 1080. The van der Waals surface area contributed by atoms with Crippen LogP contribution < -0.4 is 15.4 Å². The molecule has 0 aliphatic carbocycles. The highest BCUT2D eigenvalue weighted by molar-refractivity contribution is 6.00. The van der Waals surface area contributed by atoms with Gasteiger partial charge in [0.05, 0.1) is 23.9 Å². The molecule has 2 aromatic carbocycles. The molecule has 8 nitrogen and oxygen atoms in total. The number of para-hydroxylation sites is 1. The smallest absolute Gasteiger partial charge is 0.338 e. The largest absolute Gasteiger partial charge is 0.494 e. The Morgan fingerprint density at radius 1 is 1.26 bits per heavy atom. The second-order valence-corrected chi connectivity index (χ2v) is 6.93. The van der Waals surface area contributed by atoms with Crippen molar-refractivity contribution < 1.29 is 28.2 Å². The van der Waals surface area contributed by atoms with Crippen molar-refractivity contribution in [3.8, 4) is 5.75 Å². The highest BCUT2D eigenvalue weighted by Crippen LogP contribution is 2.38. The summed E-state index contributed by atoms with van der Waals surface area (Å²) >= 11 is 0. The van der Waals surface area contributed by atoms with Crippen LogP contribution in [0.25, 0.3) is 0 Å². The number of ether oxygens (including phenoxy) is 2. The summed E-state index contributed by atoms with van der Waals surface area (Å²) in [5, 5.41) is 5.31. The SMILES string of the molecule is CCOc1ccccc1[C@@H]1NC(=O)N(CC(=O)Nc2cccc(F)c2)C2=C1C(=O)OC2. The maximum Gasteiger partial charge on any atom is 0.338 e. The molecule has 0 saturated carbocycles. The number of esters is 1. The summed E-state index contributed by atoms with van der Waals surface area (Å²) < 4.78 is 24.2. The molecule has 3 amide bonds. The van der Waals surface area contributed by atoms with Crippen LogP contribution in [0.3, 0.4) is 0 Å². The molecule has 0 spiro atoms. The number of urea groups is 1. The summed E-state index contributed by atoms with van der Waals surface area (Å²) in [5.41, 5.74) is 1.46. The minimum atomic E-state index is -0.761. The van der Waals surface area contributed by atoms with Crippen LogP contribution in [0.2, 0.25) is 0 Å². The van der Waals surface area contributed by atoms with Crippen molar-refractivity contribution in [2.75, 3.05) is 25.1 Å². The monoisotopic (exact) mass is 425 g/mol. The molecular weight excluding hydrogens is 405 g/mol. The average Bonchev–Trinajstić information content (AvgIpc) is 3.12. The van der Waals surface area contributed by atoms with Crippen LogP contribution in [0.5, 0.6) is 5.75 Å². The summed E-state index contributed by atoms with van der Waals surface area (Å²) in [6.07, 6.45) is 0. The molecule has 0 radical (unpaired) electrons. The Balaban J connectivity index is 1.62. The van der Waals surface area contributed by atoms with E-state index in [1.807, 2.05) is 6.92 Å². The Morgan fingerprint density at radius 3 is 2.84 bits per heavy atom. The molecule has 2 N–H and O–H groups in total. The molecular formula is C22H20FN3O5. The van der Waals surface area contributed by atoms with Gasteiger partial charge in [0.1, 0.15) is 24.7 Å². The summed E-state index contributed by atoms with van der Waals surface area (Å²) in [6, 6.07) is 11.2. The first-order valence-electron chi connectivity index (χ1n) is 9.73. The molecule has 2 aliphatic heterocycles. The second kappa shape index (κ2) is 8.47. The molecule has 2 aromatic rings. The fourth-order valence-electron chi connectivity index (χ4n) is 3.63. The van der Waals surface area contributed by atoms with E-state index in [4.69, 9.17) is 9.47 Å². The van der Waals surface area contributed by atoms with Gasteiger partial charge in [-0.25, -0.2) is 14.0 Å². The van der Waals surface area contributed by atoms with Crippen LogP contribution in [-0.4, -0.2) is 42.6 Å². The van der Waals surface area contributed by atoms with Gasteiger partial charge in [-0.2, -0.15) is 0 Å². The van der Waals surface area contributed by atoms with Gasteiger partial charge in [-0.3, -0.25) is 9.69 Å². The highest BCUT2D eigenvalue weighted by Gasteiger charge is 2.43. The highest BCUT2D eigenvalue weighted by atomic mass is 19.1. The summed E-state index contributed by atoms with van der Waals surface area (Å²) in [7, 11) is 0. The number of halogens is 1. The first-order valence-corrected chi connectivity index (χ1v) is 9.73. The van der Waals surface area contributed by atoms with Crippen LogP contribution in [-0.2, 0) is 14.3 Å². The van der Waals surface area contributed by atoms with Crippen LogP contribution in [0.15, 0.2) is 59.8 Å². The van der Waals surface area contributed by atoms with E-state index in [-0.39, 0.29) is 24.4 Å². The van der Waals surface area contributed by atoms with Crippen molar-refractivity contribution in [3.63, 3.8) is 0 Å². The summed E-state index contributed by atoms with van der Waals surface area (Å²) in [4.78, 5) is 39.0. The number of cyclic esters (lactones) is 1. The quantitative estimate of drug-likeness (QED) is 0.694. The van der Waals surface area contributed by atoms with Gasteiger partial charge >= 0.3 is 12.0 Å². The van der Waals surface area contributed by atoms with Crippen LogP contribution in [0.1, 0.15) is 18.5 Å². The third-order valence-electron chi connectivity index (χ3n) is 4.94. The van der Waals surface area contributed by atoms with Gasteiger partial charge in [-0.1, -0.05) is 24.3 Å². The number of rotatable bonds is 6. The zero-order chi connectivity index (χ0) is 22.0. The lowest BCUT2D eigenvalue weighted by molar-refractivity contribution is -0.136. The van der Waals surface area contributed by atoms with E-state index >= 15 is 0 Å². The standard InChI is InChI=1S/C22H20FN3O5/c1-2-30-17-9-4-3-8-15(17)20-19-16(12-31-21(19)28)26(22(29)25-20)11-18(27)24-14-7-5-6-13(23)10-14/h3-10,20H,2,11-12H2,1H3,(H,24,27)(H,25,29)/t20-/m0/s1. The molecule has 2 heterocycles. The summed E-state index contributed by atoms with van der Waals surface area (Å²) in [6.45, 7) is 1.77. The average molecular weight is 425 g/mol. The third kappa shape index (κ3) is 4.07. The van der Waals surface area contributed by atoms with Crippen molar-refractivity contribution >= 4 is 23.6 Å². The van der Waals surface area contributed by atoms with E-state index in [2.05, 4.69) is 10.6 Å². The minimum Gasteiger partial charge on any atom is -0.494 e. The Morgan fingerprint density at radius 2 is 2.06 bits per heavy atom. The molecule has 160 valence electrons. The number of nitrogens with zero attached hydrogens (tertiary/aromatic N) is 1. The molecule has 4 rings (SSSR count). The van der Waals surface area contributed by atoms with E-state index in [0.717, 1.165) is 4.90 Å². The second-order valence-electron chi connectivity index (χ2n) is 6.93. The van der Waals surface area contributed by atoms with E-state index in [0.29, 0.717) is 23.6 Å². The molecule has 0 fully saturated rings. The maximum absolute atomic E-state index is 13.4. The van der Waals surface area contributed by atoms with Gasteiger partial charge in [-0.15, -0.1) is 0 Å². The number of hydrogen-bond acceptors (Lipinski definition) is 5. The predicted octanol–water partition coefficient (Wildman–Crippen LogP) is 2.74. The van der Waals surface area contributed by atoms with Gasteiger partial charge in [0.15, 0.2) is 0 Å². The fourth-order valence-corrected chi connectivity index (χ4v) is 3.63. The molecule has 0 unspecified atom stereocenters. The Hall–Kier alpha value is -3.88. The molecule has 0 saturated heterocycles. The van der Waals surface area contributed by atoms with Crippen molar-refractivity contribution in [3.05, 3.63) is 71.2 Å². The van der Waals surface area contributed by atoms with E-state index in [1.54, 1.807) is 24.3 Å². The lowest BCUT2D eigenvalue weighted by Crippen LogP contribution is -2.49. The zero-order valence-corrected chi connectivity index (χ0v) is 16.7. The van der Waals surface area contributed by atoms with Gasteiger partial charge in [0.2, 0.25) is 5.91 Å². The molecule has 0 aromatic heterocycles. The van der Waals surface area contributed by atoms with Gasteiger partial charge in [0.25, 0.3) is 0 Å². The number of benzene rings is 2. The zero-order valence-electron chi connectivity index (χ0n) is 16.7. The van der Waals surface area contributed by atoms with Crippen molar-refractivity contribution in [2.45, 2.75) is 13.0 Å². The number of nitrogens with one attached hydrogen (secondary N) is 2. The fraction of sp³-hybridized carbons (Fsp3) is 0.227. The van der Waals surface area contributed by atoms with Crippen LogP contribution >= 0.6 is 0 Å². The lowest BCUT2D eigenvalue weighted by atomic mass is 9.95. The number of carbonyl (C=O) groups excluding carboxylic acids is 3. The number of amides is 3. The van der Waals surface area contributed by atoms with Gasteiger partial charge < -0.3 is 20.1 Å². The van der Waals surface area contributed by atoms with Gasteiger partial charge in [0, 0.05) is 11.3 Å². The number of carbonyl (C=O) groups is 3. The van der Waals surface area contributed by atoms with Crippen molar-refractivity contribution in [1.82, 2.24) is 10.2 Å². The molecule has 0 bridgehead atoms.